The van der Waals surface area contributed by atoms with Gasteiger partial charge in [0.05, 0.1) is 15.2 Å². The van der Waals surface area contributed by atoms with E-state index in [4.69, 9.17) is 0 Å². The minimum absolute atomic E-state index is 0.290. The van der Waals surface area contributed by atoms with Gasteiger partial charge in [0, 0.05) is 12.0 Å². The number of aromatic nitrogens is 1. The van der Waals surface area contributed by atoms with Gasteiger partial charge in [0.15, 0.2) is 11.6 Å². The summed E-state index contributed by atoms with van der Waals surface area (Å²) in [5.74, 6) is -1.35. The Labute approximate surface area is 84.4 Å². The van der Waals surface area contributed by atoms with Gasteiger partial charge in [-0.3, -0.25) is 0 Å². The summed E-state index contributed by atoms with van der Waals surface area (Å²) in [4.78, 5) is 4.23. The molecular weight excluding hydrogens is 204 g/mol. The number of benzene rings is 1. The Hall–Kier alpha value is -1.03. The maximum atomic E-state index is 12.9. The first kappa shape index (κ1) is 9.52. The van der Waals surface area contributed by atoms with Gasteiger partial charge in [0.25, 0.3) is 0 Å². The molecule has 0 amide bonds. The quantitative estimate of drug-likeness (QED) is 0.703. The number of thiazole rings is 1. The molecule has 0 spiro atoms. The van der Waals surface area contributed by atoms with Crippen molar-refractivity contribution in [2.24, 2.45) is 0 Å². The maximum Gasteiger partial charge on any atom is 0.161 e. The maximum absolute atomic E-state index is 12.9. The summed E-state index contributed by atoms with van der Waals surface area (Å²) < 4.78 is 26.4. The third kappa shape index (κ3) is 1.50. The van der Waals surface area contributed by atoms with Crippen LogP contribution in [0.15, 0.2) is 12.1 Å². The van der Waals surface area contributed by atoms with Crippen LogP contribution in [-0.2, 0) is 0 Å². The molecule has 74 valence electrons. The van der Waals surface area contributed by atoms with Gasteiger partial charge in [0.2, 0.25) is 0 Å². The second kappa shape index (κ2) is 3.28. The highest BCUT2D eigenvalue weighted by Crippen LogP contribution is 2.28. The second-order valence-electron chi connectivity index (χ2n) is 3.44. The summed E-state index contributed by atoms with van der Waals surface area (Å²) in [7, 11) is 0. The van der Waals surface area contributed by atoms with E-state index in [1.165, 1.54) is 17.4 Å². The van der Waals surface area contributed by atoms with E-state index in [9.17, 15) is 8.78 Å². The number of hydrogen-bond donors (Lipinski definition) is 0. The lowest BCUT2D eigenvalue weighted by molar-refractivity contribution is 0.511. The fraction of sp³-hybridized carbons (Fsp3) is 0.300. The molecule has 2 aromatic rings. The number of hydrogen-bond acceptors (Lipinski definition) is 2. The zero-order valence-electron chi connectivity index (χ0n) is 7.84. The first-order chi connectivity index (χ1) is 6.58. The summed E-state index contributed by atoms with van der Waals surface area (Å²) in [6.07, 6.45) is 0. The lowest BCUT2D eigenvalue weighted by Gasteiger charge is -1.94. The summed E-state index contributed by atoms with van der Waals surface area (Å²) in [6.45, 7) is 4.01. The Morgan fingerprint density at radius 1 is 1.21 bits per heavy atom. The van der Waals surface area contributed by atoms with Gasteiger partial charge in [-0.15, -0.1) is 11.3 Å². The van der Waals surface area contributed by atoms with Crippen molar-refractivity contribution >= 4 is 21.6 Å². The van der Waals surface area contributed by atoms with E-state index in [2.05, 4.69) is 4.98 Å². The smallest absolute Gasteiger partial charge is 0.161 e. The van der Waals surface area contributed by atoms with Crippen LogP contribution in [0.5, 0.6) is 0 Å². The second-order valence-corrected chi connectivity index (χ2v) is 4.50. The topological polar surface area (TPSA) is 12.9 Å². The van der Waals surface area contributed by atoms with Gasteiger partial charge < -0.3 is 0 Å². The van der Waals surface area contributed by atoms with E-state index < -0.39 is 11.6 Å². The average Bonchev–Trinajstić information content (AvgIpc) is 2.48. The predicted molar refractivity (Wildman–Crippen MR) is 53.6 cm³/mol. The molecule has 0 unspecified atom stereocenters. The van der Waals surface area contributed by atoms with Crippen LogP contribution in [0, 0.1) is 11.6 Å². The highest BCUT2D eigenvalue weighted by molar-refractivity contribution is 7.18. The van der Waals surface area contributed by atoms with Crippen molar-refractivity contribution in [3.05, 3.63) is 28.8 Å². The molecular formula is C10H9F2NS. The molecule has 0 aliphatic heterocycles. The summed E-state index contributed by atoms with van der Waals surface area (Å²) in [6, 6.07) is 2.35. The van der Waals surface area contributed by atoms with Crippen LogP contribution < -0.4 is 0 Å². The van der Waals surface area contributed by atoms with Crippen molar-refractivity contribution in [1.82, 2.24) is 4.98 Å². The van der Waals surface area contributed by atoms with E-state index in [0.29, 0.717) is 16.1 Å². The Bertz CT molecular complexity index is 437. The van der Waals surface area contributed by atoms with Crippen molar-refractivity contribution in [1.29, 1.82) is 0 Å². The summed E-state index contributed by atoms with van der Waals surface area (Å²) in [5, 5.41) is 0.907. The Morgan fingerprint density at radius 2 is 1.86 bits per heavy atom. The molecule has 0 radical (unpaired) electrons. The van der Waals surface area contributed by atoms with Gasteiger partial charge in [-0.1, -0.05) is 13.8 Å². The van der Waals surface area contributed by atoms with Gasteiger partial charge in [-0.2, -0.15) is 0 Å². The highest BCUT2D eigenvalue weighted by Gasteiger charge is 2.10. The van der Waals surface area contributed by atoms with Gasteiger partial charge >= 0.3 is 0 Å². The SMILES string of the molecule is CC(C)c1nc2cc(F)c(F)cc2s1. The zero-order valence-corrected chi connectivity index (χ0v) is 8.66. The van der Waals surface area contributed by atoms with Crippen molar-refractivity contribution in [2.75, 3.05) is 0 Å². The molecule has 1 heterocycles. The average molecular weight is 213 g/mol. The first-order valence-corrected chi connectivity index (χ1v) is 5.15. The van der Waals surface area contributed by atoms with E-state index >= 15 is 0 Å². The Morgan fingerprint density at radius 3 is 2.50 bits per heavy atom. The third-order valence-corrected chi connectivity index (χ3v) is 3.26. The normalized spacial score (nSPS) is 11.5. The van der Waals surface area contributed by atoms with Crippen LogP contribution >= 0.6 is 11.3 Å². The molecule has 0 aliphatic rings. The largest absolute Gasteiger partial charge is 0.241 e. The fourth-order valence-corrected chi connectivity index (χ4v) is 2.16. The van der Waals surface area contributed by atoms with Gasteiger partial charge in [-0.05, 0) is 6.07 Å². The molecule has 1 aromatic carbocycles. The molecule has 4 heteroatoms. The summed E-state index contributed by atoms with van der Waals surface area (Å²) >= 11 is 1.41. The molecule has 0 saturated carbocycles. The van der Waals surface area contributed by atoms with Gasteiger partial charge in [0.1, 0.15) is 0 Å². The molecule has 0 saturated heterocycles. The van der Waals surface area contributed by atoms with Crippen LogP contribution in [0.3, 0.4) is 0 Å². The van der Waals surface area contributed by atoms with Crippen LogP contribution in [0.1, 0.15) is 24.8 Å². The van der Waals surface area contributed by atoms with E-state index in [1.54, 1.807) is 0 Å². The monoisotopic (exact) mass is 213 g/mol. The third-order valence-electron chi connectivity index (χ3n) is 1.94. The van der Waals surface area contributed by atoms with Crippen molar-refractivity contribution in [3.63, 3.8) is 0 Å². The number of fused-ring (bicyclic) bond motifs is 1. The van der Waals surface area contributed by atoms with Crippen molar-refractivity contribution in [3.8, 4) is 0 Å². The molecule has 0 atom stereocenters. The van der Waals surface area contributed by atoms with E-state index in [0.717, 1.165) is 11.1 Å². The van der Waals surface area contributed by atoms with Crippen molar-refractivity contribution < 1.29 is 8.78 Å². The predicted octanol–water partition coefficient (Wildman–Crippen LogP) is 3.70. The van der Waals surface area contributed by atoms with Crippen molar-refractivity contribution in [2.45, 2.75) is 19.8 Å². The van der Waals surface area contributed by atoms with Crippen LogP contribution in [0.2, 0.25) is 0 Å². The van der Waals surface area contributed by atoms with E-state index in [1.807, 2.05) is 13.8 Å². The minimum Gasteiger partial charge on any atom is -0.241 e. The molecule has 0 aliphatic carbocycles. The Kier molecular flexibility index (Phi) is 2.23. The van der Waals surface area contributed by atoms with Crippen LogP contribution in [0.4, 0.5) is 8.78 Å². The molecule has 14 heavy (non-hydrogen) atoms. The molecule has 1 aromatic heterocycles. The number of halogens is 2. The lowest BCUT2D eigenvalue weighted by atomic mass is 10.2. The fourth-order valence-electron chi connectivity index (χ4n) is 1.19. The van der Waals surface area contributed by atoms with Gasteiger partial charge in [-0.25, -0.2) is 13.8 Å². The minimum atomic E-state index is -0.835. The number of nitrogens with zero attached hydrogens (tertiary/aromatic N) is 1. The van der Waals surface area contributed by atoms with Crippen LogP contribution in [0.25, 0.3) is 10.2 Å². The first-order valence-electron chi connectivity index (χ1n) is 4.33. The van der Waals surface area contributed by atoms with E-state index in [-0.39, 0.29) is 0 Å². The summed E-state index contributed by atoms with van der Waals surface area (Å²) in [5.41, 5.74) is 0.539. The molecule has 0 N–H and O–H groups in total. The Balaban J connectivity index is 2.66. The van der Waals surface area contributed by atoms with Crippen LogP contribution in [-0.4, -0.2) is 4.98 Å². The highest BCUT2D eigenvalue weighted by atomic mass is 32.1. The standard InChI is InChI=1S/C10H9F2NS/c1-5(2)10-13-8-3-6(11)7(12)4-9(8)14-10/h3-5H,1-2H3. The molecule has 1 nitrogen and oxygen atoms in total. The molecule has 0 fully saturated rings. The molecule has 2 rings (SSSR count). The lowest BCUT2D eigenvalue weighted by Crippen LogP contribution is -1.84. The zero-order chi connectivity index (χ0) is 10.3. The molecule has 0 bridgehead atoms. The number of rotatable bonds is 1.